The highest BCUT2D eigenvalue weighted by Crippen LogP contribution is 2.27. The number of rotatable bonds is 3. The molecule has 0 bridgehead atoms. The maximum Gasteiger partial charge on any atom is 0.0804 e. The maximum atomic E-state index is 6.22. The number of benzene rings is 1. The van der Waals surface area contributed by atoms with Gasteiger partial charge in [0.2, 0.25) is 0 Å². The Labute approximate surface area is 113 Å². The van der Waals surface area contributed by atoms with E-state index in [0.29, 0.717) is 5.02 Å². The quantitative estimate of drug-likeness (QED) is 0.911. The SMILES string of the molecule is CNC(c1ccc(C)c(C)c1)c1ncccc1Cl. The Bertz CT molecular complexity index is 552. The molecule has 0 saturated heterocycles. The second-order valence-electron chi connectivity index (χ2n) is 4.44. The van der Waals surface area contributed by atoms with E-state index < -0.39 is 0 Å². The Balaban J connectivity index is 2.45. The first kappa shape index (κ1) is 13.1. The molecular formula is C15H17ClN2. The molecule has 0 aliphatic carbocycles. The van der Waals surface area contributed by atoms with Gasteiger partial charge in [-0.25, -0.2) is 0 Å². The third-order valence-corrected chi connectivity index (χ3v) is 3.53. The monoisotopic (exact) mass is 260 g/mol. The minimum absolute atomic E-state index is 0.0259. The molecule has 0 fully saturated rings. The molecule has 1 aromatic heterocycles. The average molecular weight is 261 g/mol. The fraction of sp³-hybridized carbons (Fsp3) is 0.267. The molecule has 2 aromatic rings. The van der Waals surface area contributed by atoms with Crippen LogP contribution in [0.1, 0.15) is 28.4 Å². The topological polar surface area (TPSA) is 24.9 Å². The van der Waals surface area contributed by atoms with Gasteiger partial charge < -0.3 is 5.32 Å². The van der Waals surface area contributed by atoms with E-state index in [1.807, 2.05) is 19.2 Å². The Morgan fingerprint density at radius 3 is 2.56 bits per heavy atom. The van der Waals surface area contributed by atoms with Gasteiger partial charge in [0.1, 0.15) is 0 Å². The van der Waals surface area contributed by atoms with Crippen LogP contribution in [0.25, 0.3) is 0 Å². The van der Waals surface area contributed by atoms with Crippen molar-refractivity contribution >= 4 is 11.6 Å². The summed E-state index contributed by atoms with van der Waals surface area (Å²) in [7, 11) is 1.92. The van der Waals surface area contributed by atoms with Crippen molar-refractivity contribution in [2.24, 2.45) is 0 Å². The fourth-order valence-electron chi connectivity index (χ4n) is 2.02. The highest BCUT2D eigenvalue weighted by atomic mass is 35.5. The molecule has 0 aliphatic heterocycles. The first-order chi connectivity index (χ1) is 8.63. The van der Waals surface area contributed by atoms with Crippen molar-refractivity contribution in [2.75, 3.05) is 7.05 Å². The molecule has 0 saturated carbocycles. The van der Waals surface area contributed by atoms with Crippen LogP contribution in [0.2, 0.25) is 5.02 Å². The van der Waals surface area contributed by atoms with E-state index in [9.17, 15) is 0 Å². The van der Waals surface area contributed by atoms with Crippen LogP contribution in [0, 0.1) is 13.8 Å². The first-order valence-electron chi connectivity index (χ1n) is 5.98. The minimum atomic E-state index is 0.0259. The van der Waals surface area contributed by atoms with E-state index in [1.54, 1.807) is 6.20 Å². The van der Waals surface area contributed by atoms with E-state index in [4.69, 9.17) is 11.6 Å². The number of aryl methyl sites for hydroxylation is 2. The number of pyridine rings is 1. The van der Waals surface area contributed by atoms with Crippen molar-refractivity contribution in [3.63, 3.8) is 0 Å². The third-order valence-electron chi connectivity index (χ3n) is 3.21. The van der Waals surface area contributed by atoms with Crippen LogP contribution in [-0.4, -0.2) is 12.0 Å². The highest BCUT2D eigenvalue weighted by molar-refractivity contribution is 6.31. The van der Waals surface area contributed by atoms with Gasteiger partial charge >= 0.3 is 0 Å². The lowest BCUT2D eigenvalue weighted by Crippen LogP contribution is -2.19. The van der Waals surface area contributed by atoms with Crippen LogP contribution in [0.5, 0.6) is 0 Å². The molecular weight excluding hydrogens is 244 g/mol. The van der Waals surface area contributed by atoms with Crippen molar-refractivity contribution in [1.82, 2.24) is 10.3 Å². The van der Waals surface area contributed by atoms with Crippen molar-refractivity contribution in [2.45, 2.75) is 19.9 Å². The Hall–Kier alpha value is -1.38. The summed E-state index contributed by atoms with van der Waals surface area (Å²) in [6, 6.07) is 10.2. The number of halogens is 1. The van der Waals surface area contributed by atoms with Crippen LogP contribution < -0.4 is 5.32 Å². The molecule has 18 heavy (non-hydrogen) atoms. The second kappa shape index (κ2) is 5.51. The average Bonchev–Trinajstić information content (AvgIpc) is 2.37. The predicted molar refractivity (Wildman–Crippen MR) is 76.1 cm³/mol. The summed E-state index contributed by atoms with van der Waals surface area (Å²) in [5, 5.41) is 3.97. The van der Waals surface area contributed by atoms with Gasteiger partial charge in [-0.15, -0.1) is 0 Å². The van der Waals surface area contributed by atoms with Crippen LogP contribution in [0.4, 0.5) is 0 Å². The maximum absolute atomic E-state index is 6.22. The summed E-state index contributed by atoms with van der Waals surface area (Å²) >= 11 is 6.22. The van der Waals surface area contributed by atoms with E-state index in [2.05, 4.69) is 42.3 Å². The molecule has 1 aromatic carbocycles. The summed E-state index contributed by atoms with van der Waals surface area (Å²) in [6.45, 7) is 4.23. The van der Waals surface area contributed by atoms with Gasteiger partial charge in [0.25, 0.3) is 0 Å². The predicted octanol–water partition coefficient (Wildman–Crippen LogP) is 3.66. The lowest BCUT2D eigenvalue weighted by atomic mass is 9.98. The lowest BCUT2D eigenvalue weighted by Gasteiger charge is -2.18. The first-order valence-corrected chi connectivity index (χ1v) is 6.36. The number of aromatic nitrogens is 1. The third kappa shape index (κ3) is 2.55. The van der Waals surface area contributed by atoms with Crippen molar-refractivity contribution in [3.05, 3.63) is 63.9 Å². The summed E-state index contributed by atoms with van der Waals surface area (Å²) in [5.41, 5.74) is 4.62. The molecule has 0 aliphatic rings. The molecule has 3 heteroatoms. The molecule has 0 spiro atoms. The zero-order valence-electron chi connectivity index (χ0n) is 10.9. The standard InChI is InChI=1S/C15H17ClN2/c1-10-6-7-12(9-11(10)2)14(17-3)15-13(16)5-4-8-18-15/h4-9,14,17H,1-3H3. The summed E-state index contributed by atoms with van der Waals surface area (Å²) < 4.78 is 0. The zero-order chi connectivity index (χ0) is 13.1. The number of nitrogens with one attached hydrogen (secondary N) is 1. The van der Waals surface area contributed by atoms with Gasteiger partial charge in [0.15, 0.2) is 0 Å². The van der Waals surface area contributed by atoms with Crippen LogP contribution >= 0.6 is 11.6 Å². The van der Waals surface area contributed by atoms with E-state index in [-0.39, 0.29) is 6.04 Å². The summed E-state index contributed by atoms with van der Waals surface area (Å²) in [6.07, 6.45) is 1.77. The van der Waals surface area contributed by atoms with Gasteiger partial charge in [-0.05, 0) is 49.7 Å². The molecule has 1 unspecified atom stereocenters. The number of hydrogen-bond acceptors (Lipinski definition) is 2. The van der Waals surface area contributed by atoms with Crippen LogP contribution in [0.3, 0.4) is 0 Å². The minimum Gasteiger partial charge on any atom is -0.308 e. The second-order valence-corrected chi connectivity index (χ2v) is 4.84. The zero-order valence-corrected chi connectivity index (χ0v) is 11.6. The molecule has 94 valence electrons. The Morgan fingerprint density at radius 1 is 1.17 bits per heavy atom. The molecule has 1 heterocycles. The lowest BCUT2D eigenvalue weighted by molar-refractivity contribution is 0.670. The molecule has 1 atom stereocenters. The van der Waals surface area contributed by atoms with E-state index >= 15 is 0 Å². The summed E-state index contributed by atoms with van der Waals surface area (Å²) in [4.78, 5) is 4.38. The van der Waals surface area contributed by atoms with Gasteiger partial charge in [0, 0.05) is 6.20 Å². The van der Waals surface area contributed by atoms with Gasteiger partial charge in [-0.2, -0.15) is 0 Å². The van der Waals surface area contributed by atoms with Gasteiger partial charge in [-0.1, -0.05) is 29.8 Å². The highest BCUT2D eigenvalue weighted by Gasteiger charge is 2.16. The van der Waals surface area contributed by atoms with Crippen LogP contribution in [-0.2, 0) is 0 Å². The van der Waals surface area contributed by atoms with Crippen molar-refractivity contribution in [1.29, 1.82) is 0 Å². The smallest absolute Gasteiger partial charge is 0.0804 e. The Morgan fingerprint density at radius 2 is 1.94 bits per heavy atom. The van der Waals surface area contributed by atoms with Gasteiger partial charge in [-0.3, -0.25) is 4.98 Å². The normalized spacial score (nSPS) is 12.4. The van der Waals surface area contributed by atoms with E-state index in [0.717, 1.165) is 5.69 Å². The van der Waals surface area contributed by atoms with E-state index in [1.165, 1.54) is 16.7 Å². The number of nitrogens with zero attached hydrogens (tertiary/aromatic N) is 1. The largest absolute Gasteiger partial charge is 0.308 e. The fourth-order valence-corrected chi connectivity index (χ4v) is 2.25. The summed E-state index contributed by atoms with van der Waals surface area (Å²) in [5.74, 6) is 0. The Kier molecular flexibility index (Phi) is 4.00. The molecule has 2 nitrogen and oxygen atoms in total. The molecule has 2 rings (SSSR count). The number of hydrogen-bond donors (Lipinski definition) is 1. The molecule has 0 radical (unpaired) electrons. The van der Waals surface area contributed by atoms with Crippen molar-refractivity contribution < 1.29 is 0 Å². The van der Waals surface area contributed by atoms with Gasteiger partial charge in [0.05, 0.1) is 16.8 Å². The molecule has 1 N–H and O–H groups in total. The molecule has 0 amide bonds. The van der Waals surface area contributed by atoms with Crippen LogP contribution in [0.15, 0.2) is 36.5 Å². The van der Waals surface area contributed by atoms with Crippen molar-refractivity contribution in [3.8, 4) is 0 Å².